The third-order valence-electron chi connectivity index (χ3n) is 3.66. The minimum Gasteiger partial charge on any atom is -0.494 e. The summed E-state index contributed by atoms with van der Waals surface area (Å²) in [6.07, 6.45) is 0.0412. The number of hydrogen-bond acceptors (Lipinski definition) is 3. The lowest BCUT2D eigenvalue weighted by Gasteiger charge is -2.32. The van der Waals surface area contributed by atoms with E-state index in [1.54, 1.807) is 26.0 Å². The van der Waals surface area contributed by atoms with Crippen LogP contribution in [0, 0.1) is 17.2 Å². The van der Waals surface area contributed by atoms with Crippen LogP contribution < -0.4 is 10.5 Å². The molecule has 0 amide bonds. The van der Waals surface area contributed by atoms with Crippen LogP contribution in [-0.4, -0.2) is 24.7 Å². The zero-order valence-electron chi connectivity index (χ0n) is 11.4. The van der Waals surface area contributed by atoms with Gasteiger partial charge in [-0.2, -0.15) is 0 Å². The van der Waals surface area contributed by atoms with Crippen LogP contribution >= 0.6 is 0 Å². The summed E-state index contributed by atoms with van der Waals surface area (Å²) in [5.74, 6) is -1.63. The average Bonchev–Trinajstić information content (AvgIpc) is 2.37. The van der Waals surface area contributed by atoms with Gasteiger partial charge in [-0.05, 0) is 24.0 Å². The molecule has 0 saturated heterocycles. The molecule has 1 atom stereocenters. The normalized spacial score (nSPS) is 14.2. The minimum absolute atomic E-state index is 0.0412. The first kappa shape index (κ1) is 15.4. The molecule has 0 aliphatic rings. The summed E-state index contributed by atoms with van der Waals surface area (Å²) in [7, 11) is 1.37. The van der Waals surface area contributed by atoms with Crippen molar-refractivity contribution in [3.63, 3.8) is 0 Å². The molecule has 0 spiro atoms. The fourth-order valence-electron chi connectivity index (χ4n) is 2.11. The molecule has 0 aromatic heterocycles. The zero-order chi connectivity index (χ0) is 14.6. The molecular formula is C14H20FNO3. The Balaban J connectivity index is 3.21. The van der Waals surface area contributed by atoms with Gasteiger partial charge in [0.15, 0.2) is 11.6 Å². The summed E-state index contributed by atoms with van der Waals surface area (Å²) in [5, 5.41) is 9.44. The summed E-state index contributed by atoms with van der Waals surface area (Å²) in [6.45, 7) is 3.51. The number of hydrogen-bond donors (Lipinski definition) is 2. The van der Waals surface area contributed by atoms with Gasteiger partial charge in [0.05, 0.1) is 12.5 Å². The van der Waals surface area contributed by atoms with E-state index in [4.69, 9.17) is 10.5 Å². The molecule has 1 aromatic rings. The number of carbonyl (C=O) groups is 1. The maximum Gasteiger partial charge on any atom is 0.311 e. The maximum absolute atomic E-state index is 14.1. The van der Waals surface area contributed by atoms with Crippen molar-refractivity contribution in [1.29, 1.82) is 0 Å². The molecule has 106 valence electrons. The number of carboxylic acids is 1. The average molecular weight is 269 g/mol. The van der Waals surface area contributed by atoms with Crippen molar-refractivity contribution in [3.8, 4) is 5.75 Å². The maximum atomic E-state index is 14.1. The molecule has 0 radical (unpaired) electrons. The molecule has 0 aliphatic carbocycles. The molecule has 0 heterocycles. The van der Waals surface area contributed by atoms with Crippen LogP contribution in [0.15, 0.2) is 18.2 Å². The quantitative estimate of drug-likeness (QED) is 0.829. The van der Waals surface area contributed by atoms with E-state index in [0.717, 1.165) is 0 Å². The van der Waals surface area contributed by atoms with E-state index < -0.39 is 17.2 Å². The van der Waals surface area contributed by atoms with Crippen LogP contribution in [0.5, 0.6) is 5.75 Å². The molecular weight excluding hydrogens is 249 g/mol. The van der Waals surface area contributed by atoms with Gasteiger partial charge in [-0.3, -0.25) is 4.79 Å². The first-order valence-electron chi connectivity index (χ1n) is 6.14. The van der Waals surface area contributed by atoms with Gasteiger partial charge in [0.25, 0.3) is 0 Å². The lowest BCUT2D eigenvalue weighted by molar-refractivity contribution is -0.151. The second-order valence-electron chi connectivity index (χ2n) is 4.93. The highest BCUT2D eigenvalue weighted by atomic mass is 19.1. The Morgan fingerprint density at radius 1 is 1.53 bits per heavy atom. The smallest absolute Gasteiger partial charge is 0.311 e. The van der Waals surface area contributed by atoms with E-state index >= 15 is 0 Å². The van der Waals surface area contributed by atoms with Gasteiger partial charge in [0.2, 0.25) is 0 Å². The van der Waals surface area contributed by atoms with Crippen LogP contribution in [0.4, 0.5) is 4.39 Å². The van der Waals surface area contributed by atoms with Crippen LogP contribution in [0.3, 0.4) is 0 Å². The van der Waals surface area contributed by atoms with Crippen molar-refractivity contribution >= 4 is 5.97 Å². The summed E-state index contributed by atoms with van der Waals surface area (Å²) in [5.41, 5.74) is 4.78. The monoisotopic (exact) mass is 269 g/mol. The lowest BCUT2D eigenvalue weighted by Crippen LogP contribution is -2.45. The number of rotatable bonds is 6. The van der Waals surface area contributed by atoms with Gasteiger partial charge in [0, 0.05) is 6.54 Å². The Labute approximate surface area is 112 Å². The van der Waals surface area contributed by atoms with Crippen molar-refractivity contribution in [2.45, 2.75) is 20.3 Å². The fraction of sp³-hybridized carbons (Fsp3) is 0.500. The Hall–Kier alpha value is -1.62. The molecule has 0 bridgehead atoms. The third kappa shape index (κ3) is 2.87. The molecule has 5 heteroatoms. The molecule has 1 aromatic carbocycles. The van der Waals surface area contributed by atoms with E-state index in [-0.39, 0.29) is 24.6 Å². The van der Waals surface area contributed by atoms with Gasteiger partial charge in [-0.1, -0.05) is 26.0 Å². The number of benzene rings is 1. The standard InChI is InChI=1S/C14H20FNO3/c1-9(2)14(8-16,13(17)18)7-10-5-4-6-11(19-3)12(10)15/h4-6,9H,7-8,16H2,1-3H3,(H,17,18). The Bertz CT molecular complexity index is 462. The molecule has 0 aliphatic heterocycles. The number of nitrogens with two attached hydrogens (primary N) is 1. The van der Waals surface area contributed by atoms with Gasteiger partial charge in [-0.15, -0.1) is 0 Å². The molecule has 4 nitrogen and oxygen atoms in total. The predicted molar refractivity (Wildman–Crippen MR) is 70.6 cm³/mol. The molecule has 3 N–H and O–H groups in total. The highest BCUT2D eigenvalue weighted by Gasteiger charge is 2.41. The van der Waals surface area contributed by atoms with Gasteiger partial charge < -0.3 is 15.6 Å². The summed E-state index contributed by atoms with van der Waals surface area (Å²) in [6, 6.07) is 4.70. The Kier molecular flexibility index (Phi) is 4.89. The fourth-order valence-corrected chi connectivity index (χ4v) is 2.11. The van der Waals surface area contributed by atoms with Crippen molar-refractivity contribution in [1.82, 2.24) is 0 Å². The minimum atomic E-state index is -1.17. The molecule has 1 unspecified atom stereocenters. The number of carboxylic acid groups (broad SMARTS) is 1. The largest absolute Gasteiger partial charge is 0.494 e. The third-order valence-corrected chi connectivity index (χ3v) is 3.66. The van der Waals surface area contributed by atoms with Crippen LogP contribution in [0.2, 0.25) is 0 Å². The van der Waals surface area contributed by atoms with Gasteiger partial charge >= 0.3 is 5.97 Å². The number of ether oxygens (including phenoxy) is 1. The van der Waals surface area contributed by atoms with Crippen LogP contribution in [-0.2, 0) is 11.2 Å². The van der Waals surface area contributed by atoms with E-state index in [2.05, 4.69) is 0 Å². The number of aliphatic carboxylic acids is 1. The second-order valence-corrected chi connectivity index (χ2v) is 4.93. The van der Waals surface area contributed by atoms with Crippen molar-refractivity contribution in [3.05, 3.63) is 29.6 Å². The summed E-state index contributed by atoms with van der Waals surface area (Å²) >= 11 is 0. The lowest BCUT2D eigenvalue weighted by atomic mass is 9.72. The Morgan fingerprint density at radius 3 is 2.58 bits per heavy atom. The van der Waals surface area contributed by atoms with Gasteiger partial charge in [-0.25, -0.2) is 4.39 Å². The van der Waals surface area contributed by atoms with E-state index in [0.29, 0.717) is 5.56 Å². The van der Waals surface area contributed by atoms with Gasteiger partial charge in [0.1, 0.15) is 0 Å². The number of methoxy groups -OCH3 is 1. The van der Waals surface area contributed by atoms with Crippen molar-refractivity contribution < 1.29 is 19.0 Å². The molecule has 19 heavy (non-hydrogen) atoms. The van der Waals surface area contributed by atoms with Crippen molar-refractivity contribution in [2.75, 3.05) is 13.7 Å². The zero-order valence-corrected chi connectivity index (χ0v) is 11.4. The number of halogens is 1. The van der Waals surface area contributed by atoms with E-state index in [1.165, 1.54) is 13.2 Å². The highest BCUT2D eigenvalue weighted by Crippen LogP contribution is 2.33. The Morgan fingerprint density at radius 2 is 2.16 bits per heavy atom. The predicted octanol–water partition coefficient (Wildman–Crippen LogP) is 2.06. The first-order chi connectivity index (χ1) is 8.89. The summed E-state index contributed by atoms with van der Waals surface area (Å²) < 4.78 is 19.0. The second kappa shape index (κ2) is 6.02. The van der Waals surface area contributed by atoms with Crippen molar-refractivity contribution in [2.24, 2.45) is 17.1 Å². The molecule has 0 saturated carbocycles. The molecule has 1 rings (SSSR count). The summed E-state index contributed by atoms with van der Waals surface area (Å²) in [4.78, 5) is 11.5. The van der Waals surface area contributed by atoms with E-state index in [9.17, 15) is 14.3 Å². The van der Waals surface area contributed by atoms with Crippen LogP contribution in [0.25, 0.3) is 0 Å². The highest BCUT2D eigenvalue weighted by molar-refractivity contribution is 5.76. The van der Waals surface area contributed by atoms with Crippen LogP contribution in [0.1, 0.15) is 19.4 Å². The van der Waals surface area contributed by atoms with E-state index in [1.807, 2.05) is 0 Å². The SMILES string of the molecule is COc1cccc(CC(CN)(C(=O)O)C(C)C)c1F. The molecule has 0 fully saturated rings. The first-order valence-corrected chi connectivity index (χ1v) is 6.14. The topological polar surface area (TPSA) is 72.5 Å².